The SMILES string of the molecule is CN(C)CCCOC(=O)N(S)S.[NaH]. The molecule has 0 fully saturated rings. The second-order valence-corrected chi connectivity index (χ2v) is 3.68. The Bertz CT molecular complexity index is 147. The maximum absolute atomic E-state index is 10.7. The van der Waals surface area contributed by atoms with Crippen molar-refractivity contribution in [2.45, 2.75) is 6.42 Å². The molecule has 0 atom stereocenters. The molecule has 0 aromatic rings. The molecule has 1 amide bonds. The van der Waals surface area contributed by atoms with Crippen LogP contribution in [0.25, 0.3) is 0 Å². The van der Waals surface area contributed by atoms with Crippen molar-refractivity contribution in [3.8, 4) is 0 Å². The van der Waals surface area contributed by atoms with Crippen LogP contribution < -0.4 is 0 Å². The van der Waals surface area contributed by atoms with E-state index in [1.165, 1.54) is 0 Å². The van der Waals surface area contributed by atoms with Crippen LogP contribution in [-0.4, -0.2) is 71.5 Å². The second-order valence-electron chi connectivity index (χ2n) is 2.56. The zero-order chi connectivity index (χ0) is 9.56. The summed E-state index contributed by atoms with van der Waals surface area (Å²) in [5.74, 6) is 0. The fraction of sp³-hybridized carbons (Fsp3) is 0.833. The molecule has 0 saturated heterocycles. The molecule has 0 radical (unpaired) electrons. The standard InChI is InChI=1S/C6H14N2O2S2.Na.H/c1-7(2)4-3-5-10-6(9)8(11)12;;/h11-12H,3-5H2,1-2H3;;. The third kappa shape index (κ3) is 10.9. The number of nitrogens with zero attached hydrogens (tertiary/aromatic N) is 2. The van der Waals surface area contributed by atoms with Gasteiger partial charge in [0.15, 0.2) is 0 Å². The Morgan fingerprint density at radius 3 is 2.31 bits per heavy atom. The van der Waals surface area contributed by atoms with E-state index in [0.29, 0.717) is 6.61 Å². The van der Waals surface area contributed by atoms with Crippen LogP contribution in [0.1, 0.15) is 6.42 Å². The summed E-state index contributed by atoms with van der Waals surface area (Å²) in [6.45, 7) is 1.29. The van der Waals surface area contributed by atoms with Crippen molar-refractivity contribution in [2.75, 3.05) is 27.2 Å². The Balaban J connectivity index is 0. The van der Waals surface area contributed by atoms with Gasteiger partial charge in [-0.05, 0) is 46.1 Å². The summed E-state index contributed by atoms with van der Waals surface area (Å²) in [7, 11) is 3.93. The van der Waals surface area contributed by atoms with Gasteiger partial charge >= 0.3 is 35.7 Å². The topological polar surface area (TPSA) is 32.8 Å². The molecule has 0 aliphatic rings. The fourth-order valence-electron chi connectivity index (χ4n) is 0.598. The molecule has 74 valence electrons. The second kappa shape index (κ2) is 9.48. The van der Waals surface area contributed by atoms with Gasteiger partial charge in [-0.15, -0.1) is 0 Å². The summed E-state index contributed by atoms with van der Waals surface area (Å²) >= 11 is 7.30. The zero-order valence-corrected chi connectivity index (χ0v) is 9.02. The van der Waals surface area contributed by atoms with E-state index in [1.807, 2.05) is 19.0 Å². The first kappa shape index (κ1) is 16.4. The van der Waals surface area contributed by atoms with Crippen LogP contribution in [0.15, 0.2) is 0 Å². The van der Waals surface area contributed by atoms with Gasteiger partial charge in [0.05, 0.1) is 6.61 Å². The monoisotopic (exact) mass is 234 g/mol. The van der Waals surface area contributed by atoms with E-state index in [4.69, 9.17) is 4.74 Å². The molecule has 0 spiro atoms. The Labute approximate surface area is 112 Å². The minimum absolute atomic E-state index is 0. The van der Waals surface area contributed by atoms with E-state index in [9.17, 15) is 4.79 Å². The van der Waals surface area contributed by atoms with Gasteiger partial charge in [0.1, 0.15) is 0 Å². The Kier molecular flexibility index (Phi) is 11.9. The van der Waals surface area contributed by atoms with Crippen molar-refractivity contribution in [3.05, 3.63) is 0 Å². The molecular weight excluding hydrogens is 219 g/mol. The molecule has 0 N–H and O–H groups in total. The van der Waals surface area contributed by atoms with Crippen molar-refractivity contribution < 1.29 is 9.53 Å². The van der Waals surface area contributed by atoms with Gasteiger partial charge in [0.25, 0.3) is 0 Å². The Morgan fingerprint density at radius 1 is 1.38 bits per heavy atom. The molecule has 0 unspecified atom stereocenters. The van der Waals surface area contributed by atoms with Crippen LogP contribution >= 0.6 is 25.6 Å². The molecule has 0 aromatic heterocycles. The summed E-state index contributed by atoms with van der Waals surface area (Å²) in [6.07, 6.45) is 0.272. The molecule has 4 nitrogen and oxygen atoms in total. The first-order chi connectivity index (χ1) is 5.54. The van der Waals surface area contributed by atoms with Crippen LogP contribution in [-0.2, 0) is 4.74 Å². The maximum atomic E-state index is 10.7. The molecule has 0 aliphatic heterocycles. The van der Waals surface area contributed by atoms with Crippen LogP contribution in [0.4, 0.5) is 4.79 Å². The van der Waals surface area contributed by atoms with Gasteiger partial charge in [-0.2, -0.15) is 3.71 Å². The molecule has 13 heavy (non-hydrogen) atoms. The van der Waals surface area contributed by atoms with Crippen molar-refractivity contribution in [3.63, 3.8) is 0 Å². The van der Waals surface area contributed by atoms with Gasteiger partial charge in [0, 0.05) is 6.54 Å². The van der Waals surface area contributed by atoms with E-state index >= 15 is 0 Å². The van der Waals surface area contributed by atoms with E-state index in [1.54, 1.807) is 0 Å². The van der Waals surface area contributed by atoms with Crippen LogP contribution in [0.2, 0.25) is 0 Å². The average Bonchev–Trinajstić information content (AvgIpc) is 1.97. The number of thiol groups is 2. The Hall–Kier alpha value is 0.930. The minimum atomic E-state index is -0.541. The number of rotatable bonds is 4. The normalized spacial score (nSPS) is 9.31. The van der Waals surface area contributed by atoms with E-state index in [-0.39, 0.29) is 29.6 Å². The number of hydrogen-bond acceptors (Lipinski definition) is 5. The summed E-state index contributed by atoms with van der Waals surface area (Å²) < 4.78 is 5.58. The third-order valence-electron chi connectivity index (χ3n) is 1.14. The van der Waals surface area contributed by atoms with E-state index < -0.39 is 6.09 Å². The van der Waals surface area contributed by atoms with Crippen LogP contribution in [0.3, 0.4) is 0 Å². The molecule has 0 bridgehead atoms. The number of carbonyl (C=O) groups is 1. The summed E-state index contributed by atoms with van der Waals surface area (Å²) in [4.78, 5) is 12.7. The van der Waals surface area contributed by atoms with Crippen LogP contribution in [0, 0.1) is 0 Å². The van der Waals surface area contributed by atoms with Crippen LogP contribution in [0.5, 0.6) is 0 Å². The third-order valence-corrected chi connectivity index (χ3v) is 1.47. The van der Waals surface area contributed by atoms with E-state index in [2.05, 4.69) is 25.6 Å². The Morgan fingerprint density at radius 2 is 1.92 bits per heavy atom. The zero-order valence-electron chi connectivity index (χ0n) is 7.23. The molecular formula is C6H15N2NaO2S2. The molecule has 0 saturated carbocycles. The van der Waals surface area contributed by atoms with Crippen molar-refractivity contribution in [1.82, 2.24) is 8.61 Å². The number of carbonyl (C=O) groups excluding carboxylic acids is 1. The first-order valence-electron chi connectivity index (χ1n) is 3.53. The number of ether oxygens (including phenoxy) is 1. The molecule has 7 heteroatoms. The number of hydrogen-bond donors (Lipinski definition) is 2. The van der Waals surface area contributed by atoms with Gasteiger partial charge in [-0.1, -0.05) is 0 Å². The van der Waals surface area contributed by atoms with Crippen molar-refractivity contribution in [2.24, 2.45) is 0 Å². The molecule has 0 rings (SSSR count). The predicted octanol–water partition coefficient (Wildman–Crippen LogP) is 0.418. The quantitative estimate of drug-likeness (QED) is 0.420. The van der Waals surface area contributed by atoms with E-state index in [0.717, 1.165) is 16.7 Å². The van der Waals surface area contributed by atoms with Gasteiger partial charge in [-0.3, -0.25) is 0 Å². The van der Waals surface area contributed by atoms with Crippen molar-refractivity contribution >= 4 is 61.3 Å². The predicted molar refractivity (Wildman–Crippen MR) is 61.5 cm³/mol. The number of amides is 1. The average molecular weight is 234 g/mol. The fourth-order valence-corrected chi connectivity index (χ4v) is 0.713. The molecule has 0 aromatic carbocycles. The van der Waals surface area contributed by atoms with Gasteiger partial charge < -0.3 is 9.64 Å². The molecule has 0 heterocycles. The summed E-state index contributed by atoms with van der Waals surface area (Å²) in [5, 5.41) is 0. The van der Waals surface area contributed by atoms with Gasteiger partial charge in [0.2, 0.25) is 0 Å². The first-order valence-corrected chi connectivity index (χ1v) is 4.33. The van der Waals surface area contributed by atoms with Gasteiger partial charge in [-0.25, -0.2) is 4.79 Å². The van der Waals surface area contributed by atoms with Crippen molar-refractivity contribution in [1.29, 1.82) is 0 Å². The summed E-state index contributed by atoms with van der Waals surface area (Å²) in [6, 6.07) is 0. The molecule has 0 aliphatic carbocycles. The summed E-state index contributed by atoms with van der Waals surface area (Å²) in [5.41, 5.74) is 0.